The third-order valence-electron chi connectivity index (χ3n) is 2.33. The Bertz CT molecular complexity index is 481. The lowest BCUT2D eigenvalue weighted by molar-refractivity contribution is 0.907. The van der Waals surface area contributed by atoms with Gasteiger partial charge in [-0.1, -0.05) is 11.6 Å². The molecule has 1 atom stereocenters. The van der Waals surface area contributed by atoms with Gasteiger partial charge in [-0.3, -0.25) is 4.98 Å². The lowest BCUT2D eigenvalue weighted by atomic mass is 10.2. The number of nitrogens with zero attached hydrogens (tertiary/aromatic N) is 1. The van der Waals surface area contributed by atoms with Crippen LogP contribution < -0.4 is 5.32 Å². The summed E-state index contributed by atoms with van der Waals surface area (Å²) in [5.41, 5.74) is 0.926. The number of aryl methyl sites for hydroxylation is 1. The molecule has 0 spiro atoms. The van der Waals surface area contributed by atoms with Crippen LogP contribution in [0.1, 0.15) is 22.7 Å². The fourth-order valence-electron chi connectivity index (χ4n) is 1.48. The van der Waals surface area contributed by atoms with E-state index in [0.717, 1.165) is 5.69 Å². The quantitative estimate of drug-likeness (QED) is 0.882. The van der Waals surface area contributed by atoms with Crippen LogP contribution in [0.2, 0.25) is 5.02 Å². The molecular formula is C12H13ClN2S. The average Bonchev–Trinajstić information content (AvgIpc) is 2.68. The Kier molecular flexibility index (Phi) is 3.46. The Morgan fingerprint density at radius 3 is 2.81 bits per heavy atom. The summed E-state index contributed by atoms with van der Waals surface area (Å²) >= 11 is 7.84. The summed E-state index contributed by atoms with van der Waals surface area (Å²) in [6.45, 7) is 4.24. The minimum Gasteiger partial charge on any atom is -0.376 e. The van der Waals surface area contributed by atoms with E-state index >= 15 is 0 Å². The van der Waals surface area contributed by atoms with E-state index in [1.807, 2.05) is 6.07 Å². The van der Waals surface area contributed by atoms with Gasteiger partial charge in [0.2, 0.25) is 0 Å². The van der Waals surface area contributed by atoms with Crippen molar-refractivity contribution in [3.05, 3.63) is 45.4 Å². The van der Waals surface area contributed by atoms with Crippen molar-refractivity contribution in [1.82, 2.24) is 4.98 Å². The fourth-order valence-corrected chi connectivity index (χ4v) is 2.54. The van der Waals surface area contributed by atoms with Gasteiger partial charge in [0.15, 0.2) is 0 Å². The van der Waals surface area contributed by atoms with Gasteiger partial charge >= 0.3 is 0 Å². The molecule has 0 saturated heterocycles. The molecule has 2 heterocycles. The van der Waals surface area contributed by atoms with E-state index in [2.05, 4.69) is 36.3 Å². The molecule has 2 rings (SSSR count). The Morgan fingerprint density at radius 1 is 1.38 bits per heavy atom. The number of halogens is 1. The van der Waals surface area contributed by atoms with Crippen LogP contribution in [-0.4, -0.2) is 4.98 Å². The average molecular weight is 253 g/mol. The predicted molar refractivity (Wildman–Crippen MR) is 70.3 cm³/mol. The highest BCUT2D eigenvalue weighted by Gasteiger charge is 2.09. The number of pyridine rings is 1. The molecule has 0 radical (unpaired) electrons. The normalized spacial score (nSPS) is 12.4. The van der Waals surface area contributed by atoms with Crippen LogP contribution in [0.4, 0.5) is 5.69 Å². The maximum atomic E-state index is 6.04. The largest absolute Gasteiger partial charge is 0.376 e. The highest BCUT2D eigenvalue weighted by Crippen LogP contribution is 2.28. The van der Waals surface area contributed by atoms with Crippen LogP contribution in [-0.2, 0) is 0 Å². The first-order valence-corrected chi connectivity index (χ1v) is 6.28. The Balaban J connectivity index is 2.13. The Labute approximate surface area is 104 Å². The van der Waals surface area contributed by atoms with Crippen LogP contribution in [0.5, 0.6) is 0 Å². The number of hydrogen-bond donors (Lipinski definition) is 1. The maximum absolute atomic E-state index is 6.04. The van der Waals surface area contributed by atoms with Crippen molar-refractivity contribution in [2.75, 3.05) is 5.32 Å². The van der Waals surface area contributed by atoms with Crippen molar-refractivity contribution in [3.63, 3.8) is 0 Å². The molecule has 84 valence electrons. The van der Waals surface area contributed by atoms with E-state index in [4.69, 9.17) is 11.6 Å². The van der Waals surface area contributed by atoms with Gasteiger partial charge in [-0.25, -0.2) is 0 Å². The van der Waals surface area contributed by atoms with Gasteiger partial charge in [-0.05, 0) is 32.0 Å². The third-order valence-corrected chi connectivity index (χ3v) is 3.82. The summed E-state index contributed by atoms with van der Waals surface area (Å²) in [6.07, 6.45) is 3.39. The standard InChI is InChI=1S/C12H13ClN2S/c1-8-3-4-12(16-8)9(2)15-11-5-6-14-7-10(11)13/h3-7,9H,1-2H3,(H,14,15). The molecule has 2 nitrogen and oxygen atoms in total. The van der Waals surface area contributed by atoms with E-state index < -0.39 is 0 Å². The second kappa shape index (κ2) is 4.85. The molecule has 0 bridgehead atoms. The van der Waals surface area contributed by atoms with Gasteiger partial charge in [-0.2, -0.15) is 0 Å². The third kappa shape index (κ3) is 2.54. The van der Waals surface area contributed by atoms with Crippen LogP contribution >= 0.6 is 22.9 Å². The van der Waals surface area contributed by atoms with E-state index in [0.29, 0.717) is 5.02 Å². The van der Waals surface area contributed by atoms with Gasteiger partial charge in [-0.15, -0.1) is 11.3 Å². The summed E-state index contributed by atoms with van der Waals surface area (Å²) in [4.78, 5) is 6.59. The molecule has 0 aliphatic rings. The summed E-state index contributed by atoms with van der Waals surface area (Å²) in [7, 11) is 0. The smallest absolute Gasteiger partial charge is 0.0820 e. The monoisotopic (exact) mass is 252 g/mol. The van der Waals surface area contributed by atoms with E-state index in [1.54, 1.807) is 23.7 Å². The highest BCUT2D eigenvalue weighted by atomic mass is 35.5. The molecule has 0 saturated carbocycles. The van der Waals surface area contributed by atoms with Gasteiger partial charge in [0.1, 0.15) is 0 Å². The lowest BCUT2D eigenvalue weighted by Gasteiger charge is -2.14. The first kappa shape index (κ1) is 11.4. The number of thiophene rings is 1. The number of nitrogens with one attached hydrogen (secondary N) is 1. The Hall–Kier alpha value is -1.06. The molecule has 2 aromatic heterocycles. The summed E-state index contributed by atoms with van der Waals surface area (Å²) in [5.74, 6) is 0. The molecule has 0 aliphatic heterocycles. The lowest BCUT2D eigenvalue weighted by Crippen LogP contribution is -2.05. The van der Waals surface area contributed by atoms with Gasteiger partial charge < -0.3 is 5.32 Å². The van der Waals surface area contributed by atoms with Crippen molar-refractivity contribution >= 4 is 28.6 Å². The number of hydrogen-bond acceptors (Lipinski definition) is 3. The predicted octanol–water partition coefficient (Wildman–Crippen LogP) is 4.28. The van der Waals surface area contributed by atoms with Crippen molar-refractivity contribution in [3.8, 4) is 0 Å². The number of rotatable bonds is 3. The maximum Gasteiger partial charge on any atom is 0.0820 e. The zero-order valence-corrected chi connectivity index (χ0v) is 10.8. The van der Waals surface area contributed by atoms with E-state index in [1.165, 1.54) is 9.75 Å². The van der Waals surface area contributed by atoms with Crippen molar-refractivity contribution < 1.29 is 0 Å². The van der Waals surface area contributed by atoms with Crippen molar-refractivity contribution in [1.29, 1.82) is 0 Å². The fraction of sp³-hybridized carbons (Fsp3) is 0.250. The second-order valence-electron chi connectivity index (χ2n) is 3.67. The molecule has 0 aromatic carbocycles. The van der Waals surface area contributed by atoms with E-state index in [-0.39, 0.29) is 6.04 Å². The van der Waals surface area contributed by atoms with Crippen LogP contribution in [0.3, 0.4) is 0 Å². The second-order valence-corrected chi connectivity index (χ2v) is 5.40. The molecule has 16 heavy (non-hydrogen) atoms. The summed E-state index contributed by atoms with van der Waals surface area (Å²) < 4.78 is 0. The summed E-state index contributed by atoms with van der Waals surface area (Å²) in [5, 5.41) is 4.03. The summed E-state index contributed by atoms with van der Waals surface area (Å²) in [6, 6.07) is 6.43. The minimum absolute atomic E-state index is 0.263. The van der Waals surface area contributed by atoms with Crippen LogP contribution in [0.25, 0.3) is 0 Å². The first-order chi connectivity index (χ1) is 7.66. The molecular weight excluding hydrogens is 240 g/mol. The molecule has 4 heteroatoms. The molecule has 1 unspecified atom stereocenters. The molecule has 0 aliphatic carbocycles. The topological polar surface area (TPSA) is 24.9 Å². The molecule has 1 N–H and O–H groups in total. The van der Waals surface area contributed by atoms with Crippen LogP contribution in [0.15, 0.2) is 30.6 Å². The van der Waals surface area contributed by atoms with E-state index in [9.17, 15) is 0 Å². The van der Waals surface area contributed by atoms with Crippen molar-refractivity contribution in [2.24, 2.45) is 0 Å². The minimum atomic E-state index is 0.263. The van der Waals surface area contributed by atoms with Gasteiger partial charge in [0.05, 0.1) is 16.8 Å². The molecule has 0 fully saturated rings. The number of aromatic nitrogens is 1. The zero-order chi connectivity index (χ0) is 11.5. The molecule has 2 aromatic rings. The van der Waals surface area contributed by atoms with Gasteiger partial charge in [0, 0.05) is 22.1 Å². The van der Waals surface area contributed by atoms with Crippen molar-refractivity contribution in [2.45, 2.75) is 19.9 Å². The zero-order valence-electron chi connectivity index (χ0n) is 9.20. The number of anilines is 1. The van der Waals surface area contributed by atoms with Crippen LogP contribution in [0, 0.1) is 6.92 Å². The Morgan fingerprint density at radius 2 is 2.19 bits per heavy atom. The van der Waals surface area contributed by atoms with Gasteiger partial charge in [0.25, 0.3) is 0 Å². The first-order valence-electron chi connectivity index (χ1n) is 5.09. The molecule has 0 amide bonds. The SMILES string of the molecule is Cc1ccc(C(C)Nc2ccncc2Cl)s1. The highest BCUT2D eigenvalue weighted by molar-refractivity contribution is 7.12.